The smallest absolute Gasteiger partial charge is 0.0417 e. The van der Waals surface area contributed by atoms with Gasteiger partial charge >= 0.3 is 0 Å². The number of pyridine rings is 1. The number of rotatable bonds is 2. The van der Waals surface area contributed by atoms with E-state index in [1.807, 2.05) is 19.2 Å². The van der Waals surface area contributed by atoms with E-state index in [0.717, 1.165) is 12.2 Å². The van der Waals surface area contributed by atoms with Crippen molar-refractivity contribution in [3.8, 4) is 0 Å². The minimum atomic E-state index is 0.972. The van der Waals surface area contributed by atoms with E-state index in [4.69, 9.17) is 0 Å². The molecule has 0 saturated heterocycles. The number of nitrogens with zero attached hydrogens (tertiary/aromatic N) is 2. The average Bonchev–Trinajstić information content (AvgIpc) is 1.93. The van der Waals surface area contributed by atoms with Crippen LogP contribution in [0.15, 0.2) is 18.3 Å². The molecule has 60 valence electrons. The second-order valence-corrected chi connectivity index (χ2v) is 2.99. The Morgan fingerprint density at radius 1 is 1.45 bits per heavy atom. The zero-order valence-corrected chi connectivity index (χ0v) is 7.33. The predicted octanol–water partition coefficient (Wildman–Crippen LogP) is 1.45. The van der Waals surface area contributed by atoms with E-state index >= 15 is 0 Å². The lowest BCUT2D eigenvalue weighted by atomic mass is 10.2. The molecule has 0 aliphatic heterocycles. The first kappa shape index (κ1) is 8.21. The largest absolute Gasteiger partial charge is 0.305 e. The maximum atomic E-state index is 4.21. The summed E-state index contributed by atoms with van der Waals surface area (Å²) in [6.45, 7) is 3.01. The van der Waals surface area contributed by atoms with E-state index in [2.05, 4.69) is 30.0 Å². The van der Waals surface area contributed by atoms with Crippen LogP contribution in [0.3, 0.4) is 0 Å². The molecule has 0 aliphatic rings. The van der Waals surface area contributed by atoms with Crippen molar-refractivity contribution in [3.05, 3.63) is 29.6 Å². The van der Waals surface area contributed by atoms with Crippen molar-refractivity contribution in [1.82, 2.24) is 9.88 Å². The first-order valence-corrected chi connectivity index (χ1v) is 3.75. The van der Waals surface area contributed by atoms with E-state index in [1.165, 1.54) is 5.56 Å². The zero-order valence-electron chi connectivity index (χ0n) is 7.33. The predicted molar refractivity (Wildman–Crippen MR) is 46.4 cm³/mol. The third-order valence-electron chi connectivity index (χ3n) is 1.60. The van der Waals surface area contributed by atoms with Crippen molar-refractivity contribution < 1.29 is 0 Å². The van der Waals surface area contributed by atoms with Crippen LogP contribution >= 0.6 is 0 Å². The Kier molecular flexibility index (Phi) is 2.60. The molecule has 1 rings (SSSR count). The Morgan fingerprint density at radius 3 is 2.73 bits per heavy atom. The van der Waals surface area contributed by atoms with E-state index in [-0.39, 0.29) is 0 Å². The molecule has 0 N–H and O–H groups in total. The molecule has 0 radical (unpaired) electrons. The lowest BCUT2D eigenvalue weighted by molar-refractivity contribution is 0.401. The molecular formula is C9H14N2. The maximum Gasteiger partial charge on any atom is 0.0417 e. The van der Waals surface area contributed by atoms with Gasteiger partial charge in [-0.25, -0.2) is 0 Å². The molecule has 0 saturated carbocycles. The fourth-order valence-corrected chi connectivity index (χ4v) is 1.03. The van der Waals surface area contributed by atoms with Crippen LogP contribution in [-0.2, 0) is 6.54 Å². The second-order valence-electron chi connectivity index (χ2n) is 2.99. The SMILES string of the molecule is Cc1ncccc1CN(C)C. The molecular weight excluding hydrogens is 136 g/mol. The highest BCUT2D eigenvalue weighted by atomic mass is 15.0. The number of hydrogen-bond acceptors (Lipinski definition) is 2. The Morgan fingerprint density at radius 2 is 2.18 bits per heavy atom. The van der Waals surface area contributed by atoms with Crippen LogP contribution in [0.2, 0.25) is 0 Å². The summed E-state index contributed by atoms with van der Waals surface area (Å²) in [7, 11) is 4.12. The van der Waals surface area contributed by atoms with E-state index in [1.54, 1.807) is 0 Å². The topological polar surface area (TPSA) is 16.1 Å². The van der Waals surface area contributed by atoms with Crippen LogP contribution in [-0.4, -0.2) is 24.0 Å². The number of hydrogen-bond donors (Lipinski definition) is 0. The molecule has 1 aromatic heterocycles. The fourth-order valence-electron chi connectivity index (χ4n) is 1.03. The van der Waals surface area contributed by atoms with Crippen molar-refractivity contribution in [3.63, 3.8) is 0 Å². The minimum Gasteiger partial charge on any atom is -0.305 e. The van der Waals surface area contributed by atoms with Crippen molar-refractivity contribution in [2.75, 3.05) is 14.1 Å². The van der Waals surface area contributed by atoms with Crippen molar-refractivity contribution >= 4 is 0 Å². The molecule has 11 heavy (non-hydrogen) atoms. The number of aromatic nitrogens is 1. The van der Waals surface area contributed by atoms with Gasteiger partial charge in [0.2, 0.25) is 0 Å². The third kappa shape index (κ3) is 2.31. The summed E-state index contributed by atoms with van der Waals surface area (Å²) < 4.78 is 0. The fraction of sp³-hybridized carbons (Fsp3) is 0.444. The first-order chi connectivity index (χ1) is 5.20. The molecule has 1 heterocycles. The van der Waals surface area contributed by atoms with Gasteiger partial charge < -0.3 is 4.90 Å². The lowest BCUT2D eigenvalue weighted by Crippen LogP contribution is -2.11. The highest BCUT2D eigenvalue weighted by Crippen LogP contribution is 2.04. The van der Waals surface area contributed by atoms with Crippen LogP contribution < -0.4 is 0 Å². The summed E-state index contributed by atoms with van der Waals surface area (Å²) in [6.07, 6.45) is 1.83. The first-order valence-electron chi connectivity index (χ1n) is 3.75. The molecule has 0 aromatic carbocycles. The molecule has 0 spiro atoms. The van der Waals surface area contributed by atoms with E-state index in [0.29, 0.717) is 0 Å². The standard InChI is InChI=1S/C9H14N2/c1-8-9(7-11(2)3)5-4-6-10-8/h4-6H,7H2,1-3H3. The van der Waals surface area contributed by atoms with Crippen LogP contribution in [0.5, 0.6) is 0 Å². The van der Waals surface area contributed by atoms with E-state index < -0.39 is 0 Å². The normalized spacial score (nSPS) is 10.5. The summed E-state index contributed by atoms with van der Waals surface area (Å²) in [4.78, 5) is 6.35. The highest BCUT2D eigenvalue weighted by molar-refractivity contribution is 5.17. The molecule has 1 aromatic rings. The molecule has 2 heteroatoms. The molecule has 0 unspecified atom stereocenters. The molecule has 0 atom stereocenters. The Bertz CT molecular complexity index is 231. The zero-order chi connectivity index (χ0) is 8.27. The van der Waals surface area contributed by atoms with E-state index in [9.17, 15) is 0 Å². The van der Waals surface area contributed by atoms with Crippen LogP contribution in [0.25, 0.3) is 0 Å². The number of aryl methyl sites for hydroxylation is 1. The monoisotopic (exact) mass is 150 g/mol. The second kappa shape index (κ2) is 3.49. The van der Waals surface area contributed by atoms with Gasteiger partial charge in [0.15, 0.2) is 0 Å². The molecule has 0 fully saturated rings. The summed E-state index contributed by atoms with van der Waals surface area (Å²) in [5.41, 5.74) is 2.43. The Hall–Kier alpha value is -0.890. The Labute approximate surface area is 67.9 Å². The van der Waals surface area contributed by atoms with Gasteiger partial charge in [-0.15, -0.1) is 0 Å². The van der Waals surface area contributed by atoms with Crippen LogP contribution in [0, 0.1) is 6.92 Å². The van der Waals surface area contributed by atoms with Crippen LogP contribution in [0.4, 0.5) is 0 Å². The van der Waals surface area contributed by atoms with Gasteiger partial charge in [0.05, 0.1) is 0 Å². The van der Waals surface area contributed by atoms with Gasteiger partial charge in [0, 0.05) is 18.4 Å². The minimum absolute atomic E-state index is 0.972. The summed E-state index contributed by atoms with van der Waals surface area (Å²) >= 11 is 0. The van der Waals surface area contributed by atoms with Gasteiger partial charge in [-0.3, -0.25) is 4.98 Å². The average molecular weight is 150 g/mol. The van der Waals surface area contributed by atoms with Gasteiger partial charge in [-0.05, 0) is 32.6 Å². The summed E-state index contributed by atoms with van der Waals surface area (Å²) in [5.74, 6) is 0. The summed E-state index contributed by atoms with van der Waals surface area (Å²) in [5, 5.41) is 0. The van der Waals surface area contributed by atoms with Gasteiger partial charge in [0.1, 0.15) is 0 Å². The Balaban J connectivity index is 2.78. The van der Waals surface area contributed by atoms with Crippen molar-refractivity contribution in [2.45, 2.75) is 13.5 Å². The molecule has 0 bridgehead atoms. The third-order valence-corrected chi connectivity index (χ3v) is 1.60. The van der Waals surface area contributed by atoms with Gasteiger partial charge in [-0.2, -0.15) is 0 Å². The quantitative estimate of drug-likeness (QED) is 0.634. The van der Waals surface area contributed by atoms with Gasteiger partial charge in [-0.1, -0.05) is 6.07 Å². The van der Waals surface area contributed by atoms with Crippen LogP contribution in [0.1, 0.15) is 11.3 Å². The highest BCUT2D eigenvalue weighted by Gasteiger charge is 1.97. The molecule has 0 aliphatic carbocycles. The molecule has 0 amide bonds. The summed E-state index contributed by atoms with van der Waals surface area (Å²) in [6, 6.07) is 4.09. The molecule has 2 nitrogen and oxygen atoms in total. The van der Waals surface area contributed by atoms with Crippen molar-refractivity contribution in [1.29, 1.82) is 0 Å². The van der Waals surface area contributed by atoms with Crippen molar-refractivity contribution in [2.24, 2.45) is 0 Å². The lowest BCUT2D eigenvalue weighted by Gasteiger charge is -2.10. The maximum absolute atomic E-state index is 4.21. The van der Waals surface area contributed by atoms with Gasteiger partial charge in [0.25, 0.3) is 0 Å².